The number of methoxy groups -OCH3 is 4. The summed E-state index contributed by atoms with van der Waals surface area (Å²) in [5.74, 6) is 14.4. The van der Waals surface area contributed by atoms with Crippen LogP contribution < -0.4 is 28.7 Å². The zero-order valence-corrected chi connectivity index (χ0v) is 34.1. The predicted molar refractivity (Wildman–Crippen MR) is 239 cm³/mol. The SMILES string of the molecule is COc1ccc(N(c2ccc(C#Cc3cc([N+](=O)[O-])cc(C#Cc4ccc([N+](c5ccc(OC)cc5)c5ccc(OC)cc5)cc4)c3[N+](=O)[O-])cc2)c2ccc(OC)cc2)cc1. The zero-order chi connectivity index (χ0) is 43.6. The van der Waals surface area contributed by atoms with Gasteiger partial charge in [-0.2, -0.15) is 0 Å². The molecule has 7 rings (SSSR count). The van der Waals surface area contributed by atoms with Crippen LogP contribution in [0.25, 0.3) is 0 Å². The van der Waals surface area contributed by atoms with Crippen molar-refractivity contribution >= 4 is 45.5 Å². The number of nitro groups is 2. The largest absolute Gasteiger partial charge is 0.497 e. The second-order valence-corrected chi connectivity index (χ2v) is 13.5. The minimum absolute atomic E-state index is 0.138. The van der Waals surface area contributed by atoms with E-state index in [4.69, 9.17) is 18.9 Å². The Morgan fingerprint density at radius 1 is 0.403 bits per heavy atom. The van der Waals surface area contributed by atoms with Gasteiger partial charge in [-0.05, 0) is 109 Å². The molecule has 0 bridgehead atoms. The molecule has 12 heteroatoms. The van der Waals surface area contributed by atoms with Crippen molar-refractivity contribution in [2.45, 2.75) is 0 Å². The standard InChI is InChI=1S/C50H38N4O8/c1-59-46-25-17-41(18-26-46)51(42-19-27-47(60-2)28-20-42)39-13-7-35(8-14-39)5-11-37-33-45(53(55)56)34-38(50(37)54(57)58)12-6-36-9-15-40(16-10-36)52(43-21-29-48(61-3)30-22-43)44-23-31-49(62-4)32-24-44/h7-10,13-34H,1-4H3/q+1. The molecule has 7 aromatic rings. The van der Waals surface area contributed by atoms with Gasteiger partial charge in [0.15, 0.2) is 17.1 Å². The number of nitro benzene ring substituents is 2. The summed E-state index contributed by atoms with van der Waals surface area (Å²) in [5.41, 5.74) is 5.09. The van der Waals surface area contributed by atoms with Crippen LogP contribution in [0.4, 0.5) is 45.5 Å². The molecule has 0 fully saturated rings. The number of benzene rings is 7. The number of rotatable bonds is 12. The minimum Gasteiger partial charge on any atom is -0.497 e. The van der Waals surface area contributed by atoms with E-state index in [2.05, 4.69) is 23.7 Å². The highest BCUT2D eigenvalue weighted by molar-refractivity contribution is 5.77. The lowest BCUT2D eigenvalue weighted by Crippen LogP contribution is -2.11. The van der Waals surface area contributed by atoms with Gasteiger partial charge in [0, 0.05) is 76.7 Å². The third kappa shape index (κ3) is 9.48. The fourth-order valence-electron chi connectivity index (χ4n) is 6.60. The number of nitrogens with zero attached hydrogens (tertiary/aromatic N) is 4. The van der Waals surface area contributed by atoms with E-state index < -0.39 is 15.5 Å². The Labute approximate surface area is 358 Å². The van der Waals surface area contributed by atoms with E-state index in [0.717, 1.165) is 46.3 Å². The molecule has 0 N–H and O–H groups in total. The average Bonchev–Trinajstić information content (AvgIpc) is 3.31. The lowest BCUT2D eigenvalue weighted by Gasteiger charge is -2.25. The molecular formula is C50H38N4O8+. The Morgan fingerprint density at radius 3 is 1.03 bits per heavy atom. The molecule has 0 saturated carbocycles. The Kier molecular flexibility index (Phi) is 12.7. The Morgan fingerprint density at radius 2 is 0.710 bits per heavy atom. The van der Waals surface area contributed by atoms with E-state index in [1.54, 1.807) is 52.7 Å². The van der Waals surface area contributed by atoms with Crippen molar-refractivity contribution in [2.75, 3.05) is 33.3 Å². The lowest BCUT2D eigenvalue weighted by molar-refractivity contribution is -0.389. The number of anilines is 6. The van der Waals surface area contributed by atoms with Gasteiger partial charge in [0.05, 0.1) is 38.3 Å². The van der Waals surface area contributed by atoms with Gasteiger partial charge in [-0.25, -0.2) is 0 Å². The summed E-state index contributed by atoms with van der Waals surface area (Å²) < 4.78 is 21.4. The summed E-state index contributed by atoms with van der Waals surface area (Å²) >= 11 is 0. The molecule has 0 aliphatic carbocycles. The first kappa shape index (κ1) is 41.6. The molecule has 0 aliphatic rings. The molecule has 0 amide bonds. The molecule has 7 aromatic carbocycles. The quantitative estimate of drug-likeness (QED) is 0.0511. The first-order valence-electron chi connectivity index (χ1n) is 19.1. The highest BCUT2D eigenvalue weighted by atomic mass is 16.6. The van der Waals surface area contributed by atoms with Gasteiger partial charge in [-0.15, -0.1) is 0 Å². The highest BCUT2D eigenvalue weighted by Crippen LogP contribution is 2.38. The van der Waals surface area contributed by atoms with E-state index in [1.807, 2.05) is 131 Å². The first-order chi connectivity index (χ1) is 30.2. The second kappa shape index (κ2) is 19.0. The zero-order valence-electron chi connectivity index (χ0n) is 34.1. The molecule has 0 saturated heterocycles. The maximum Gasteiger partial charge on any atom is 0.300 e. The third-order valence-electron chi connectivity index (χ3n) is 9.74. The Bertz CT molecular complexity index is 2550. The van der Waals surface area contributed by atoms with Gasteiger partial charge in [0.2, 0.25) is 0 Å². The summed E-state index contributed by atoms with van der Waals surface area (Å²) in [5, 5.41) is 24.6. The van der Waals surface area contributed by atoms with Gasteiger partial charge >= 0.3 is 5.69 Å². The minimum atomic E-state index is -0.622. The maximum atomic E-state index is 12.5. The van der Waals surface area contributed by atoms with Gasteiger partial charge in [-0.3, -0.25) is 20.2 Å². The molecule has 12 nitrogen and oxygen atoms in total. The number of hydrogen-bond donors (Lipinski definition) is 0. The fraction of sp³-hybridized carbons (Fsp3) is 0.0800. The van der Waals surface area contributed by atoms with E-state index in [-0.39, 0.29) is 16.8 Å². The van der Waals surface area contributed by atoms with E-state index in [1.165, 1.54) is 0 Å². The van der Waals surface area contributed by atoms with Gasteiger partial charge < -0.3 is 23.8 Å². The monoisotopic (exact) mass is 822 g/mol. The summed E-state index contributed by atoms with van der Waals surface area (Å²) in [4.78, 5) is 27.4. The maximum absolute atomic E-state index is 12.5. The molecule has 0 aliphatic heterocycles. The topological polar surface area (TPSA) is 132 Å². The molecular weight excluding hydrogens is 785 g/mol. The van der Waals surface area contributed by atoms with Crippen molar-refractivity contribution < 1.29 is 28.8 Å². The van der Waals surface area contributed by atoms with Crippen molar-refractivity contribution in [2.24, 2.45) is 0 Å². The third-order valence-corrected chi connectivity index (χ3v) is 9.74. The molecule has 0 atom stereocenters. The van der Waals surface area contributed by atoms with Crippen molar-refractivity contribution in [1.82, 2.24) is 4.90 Å². The molecule has 0 heterocycles. The van der Waals surface area contributed by atoms with Crippen molar-refractivity contribution in [3.05, 3.63) is 200 Å². The van der Waals surface area contributed by atoms with Crippen LogP contribution in [-0.4, -0.2) is 38.3 Å². The predicted octanol–water partition coefficient (Wildman–Crippen LogP) is 11.2. The second-order valence-electron chi connectivity index (χ2n) is 13.5. The van der Waals surface area contributed by atoms with Crippen LogP contribution in [0.2, 0.25) is 0 Å². The Balaban J connectivity index is 1.20. The first-order valence-corrected chi connectivity index (χ1v) is 19.1. The number of non-ortho nitro benzene ring substituents is 1. The lowest BCUT2D eigenvalue weighted by atomic mass is 10.0. The van der Waals surface area contributed by atoms with Gasteiger partial charge in [0.1, 0.15) is 34.1 Å². The molecule has 0 aromatic heterocycles. The highest BCUT2D eigenvalue weighted by Gasteiger charge is 2.27. The summed E-state index contributed by atoms with van der Waals surface area (Å²) in [6.07, 6.45) is 0. The van der Waals surface area contributed by atoms with Crippen LogP contribution in [0.15, 0.2) is 158 Å². The smallest absolute Gasteiger partial charge is 0.300 e. The Hall–Kier alpha value is -8.58. The molecule has 0 unspecified atom stereocenters. The molecule has 305 valence electrons. The van der Waals surface area contributed by atoms with Crippen LogP contribution in [0, 0.1) is 43.9 Å². The summed E-state index contributed by atoms with van der Waals surface area (Å²) in [6.45, 7) is 0. The summed E-state index contributed by atoms with van der Waals surface area (Å²) in [6, 6.07) is 47.3. The van der Waals surface area contributed by atoms with Crippen LogP contribution in [0.1, 0.15) is 22.3 Å². The van der Waals surface area contributed by atoms with Crippen LogP contribution >= 0.6 is 0 Å². The van der Waals surface area contributed by atoms with Gasteiger partial charge in [0.25, 0.3) is 5.69 Å². The van der Waals surface area contributed by atoms with Crippen molar-refractivity contribution in [1.29, 1.82) is 0 Å². The number of ether oxygens (including phenoxy) is 4. The van der Waals surface area contributed by atoms with Crippen LogP contribution in [0.5, 0.6) is 23.0 Å². The van der Waals surface area contributed by atoms with E-state index in [0.29, 0.717) is 34.1 Å². The average molecular weight is 823 g/mol. The number of hydrogen-bond acceptors (Lipinski definition) is 10. The summed E-state index contributed by atoms with van der Waals surface area (Å²) in [7, 11) is 6.43. The fourth-order valence-corrected chi connectivity index (χ4v) is 6.60. The van der Waals surface area contributed by atoms with Crippen LogP contribution in [0.3, 0.4) is 0 Å². The van der Waals surface area contributed by atoms with Crippen LogP contribution in [-0.2, 0) is 0 Å². The molecule has 1 radical (unpaired) electrons. The van der Waals surface area contributed by atoms with Gasteiger partial charge in [-0.1, -0.05) is 28.6 Å². The van der Waals surface area contributed by atoms with Crippen molar-refractivity contribution in [3.63, 3.8) is 0 Å². The van der Waals surface area contributed by atoms with Crippen molar-refractivity contribution in [3.8, 4) is 46.7 Å². The van der Waals surface area contributed by atoms with E-state index >= 15 is 0 Å². The normalized spacial score (nSPS) is 10.4. The molecule has 0 spiro atoms. The molecule has 62 heavy (non-hydrogen) atoms. The van der Waals surface area contributed by atoms with E-state index in [9.17, 15) is 20.2 Å².